The van der Waals surface area contributed by atoms with Gasteiger partial charge in [-0.05, 0) is 49.5 Å². The van der Waals surface area contributed by atoms with Gasteiger partial charge in [0, 0.05) is 17.7 Å². The molecule has 0 atom stereocenters. The van der Waals surface area contributed by atoms with Crippen LogP contribution in [-0.2, 0) is 0 Å². The minimum atomic E-state index is -0.496. The van der Waals surface area contributed by atoms with E-state index in [9.17, 15) is 14.9 Å². The zero-order valence-corrected chi connectivity index (χ0v) is 15.2. The Hall–Kier alpha value is -2.91. The fraction of sp³-hybridized carbons (Fsp3) is 0.125. The van der Waals surface area contributed by atoms with Crippen LogP contribution in [0.1, 0.15) is 17.3 Å². The molecule has 0 aliphatic heterocycles. The number of ether oxygens (including phenoxy) is 1. The molecule has 0 unspecified atom stereocenters. The van der Waals surface area contributed by atoms with E-state index >= 15 is 0 Å². The molecule has 0 aliphatic carbocycles. The Morgan fingerprint density at radius 2 is 1.96 bits per heavy atom. The van der Waals surface area contributed by atoms with Gasteiger partial charge >= 0.3 is 0 Å². The van der Waals surface area contributed by atoms with Crippen LogP contribution in [0.15, 0.2) is 42.5 Å². The molecule has 8 nitrogen and oxygen atoms in total. The summed E-state index contributed by atoms with van der Waals surface area (Å²) in [7, 11) is 0. The van der Waals surface area contributed by atoms with E-state index in [2.05, 4.69) is 16.2 Å². The Kier molecular flexibility index (Phi) is 6.70. The van der Waals surface area contributed by atoms with E-state index in [0.29, 0.717) is 28.6 Å². The second-order valence-electron chi connectivity index (χ2n) is 4.92. The van der Waals surface area contributed by atoms with Gasteiger partial charge in [0.05, 0.1) is 22.2 Å². The molecule has 0 aromatic heterocycles. The van der Waals surface area contributed by atoms with Gasteiger partial charge in [-0.1, -0.05) is 11.6 Å². The van der Waals surface area contributed by atoms with Crippen molar-refractivity contribution < 1.29 is 14.5 Å². The molecule has 0 spiro atoms. The lowest BCUT2D eigenvalue weighted by Gasteiger charge is -2.12. The summed E-state index contributed by atoms with van der Waals surface area (Å²) in [4.78, 5) is 22.3. The zero-order valence-electron chi connectivity index (χ0n) is 13.6. The van der Waals surface area contributed by atoms with Crippen molar-refractivity contribution in [3.63, 3.8) is 0 Å². The van der Waals surface area contributed by atoms with Crippen molar-refractivity contribution >= 4 is 46.2 Å². The fourth-order valence-corrected chi connectivity index (χ4v) is 2.30. The number of halogens is 1. The van der Waals surface area contributed by atoms with Gasteiger partial charge < -0.3 is 4.74 Å². The van der Waals surface area contributed by atoms with E-state index in [1.165, 1.54) is 30.3 Å². The molecule has 0 aliphatic rings. The number of hydrazine groups is 1. The minimum absolute atomic E-state index is 0.0263. The predicted molar refractivity (Wildman–Crippen MR) is 103 cm³/mol. The monoisotopic (exact) mass is 394 g/mol. The number of carbonyl (C=O) groups is 1. The van der Waals surface area contributed by atoms with Crippen LogP contribution >= 0.6 is 23.8 Å². The third kappa shape index (κ3) is 5.30. The number of carbonyl (C=O) groups excluding carboxylic acids is 1. The highest BCUT2D eigenvalue weighted by molar-refractivity contribution is 7.80. The molecule has 1 amide bonds. The Bertz CT molecular complexity index is 829. The van der Waals surface area contributed by atoms with Gasteiger partial charge in [-0.15, -0.1) is 0 Å². The fourth-order valence-electron chi connectivity index (χ4n) is 1.92. The Balaban J connectivity index is 1.89. The lowest BCUT2D eigenvalue weighted by atomic mass is 10.2. The van der Waals surface area contributed by atoms with E-state index in [4.69, 9.17) is 28.6 Å². The van der Waals surface area contributed by atoms with Gasteiger partial charge in [0.15, 0.2) is 5.11 Å². The maximum atomic E-state index is 12.2. The summed E-state index contributed by atoms with van der Waals surface area (Å²) in [6.07, 6.45) is 0. The average molecular weight is 395 g/mol. The summed E-state index contributed by atoms with van der Waals surface area (Å²) in [5.74, 6) is 0.0456. The van der Waals surface area contributed by atoms with Gasteiger partial charge in [-0.25, -0.2) is 0 Å². The van der Waals surface area contributed by atoms with Crippen molar-refractivity contribution in [3.8, 4) is 5.75 Å². The number of hydrogen-bond donors (Lipinski definition) is 3. The number of nitro groups is 1. The normalized spacial score (nSPS) is 9.92. The molecule has 0 heterocycles. The quantitative estimate of drug-likeness (QED) is 0.392. The molecule has 0 fully saturated rings. The molecule has 2 rings (SSSR count). The van der Waals surface area contributed by atoms with Crippen molar-refractivity contribution in [1.82, 2.24) is 10.7 Å². The van der Waals surface area contributed by atoms with E-state index in [-0.39, 0.29) is 10.8 Å². The third-order valence-corrected chi connectivity index (χ3v) is 3.62. The zero-order chi connectivity index (χ0) is 19.1. The first-order valence-electron chi connectivity index (χ1n) is 7.45. The molecular formula is C16H15ClN4O4S. The topological polar surface area (TPSA) is 106 Å². The highest BCUT2D eigenvalue weighted by atomic mass is 35.5. The SMILES string of the molecule is CCOc1ccc(C(=O)NC(=S)NNc2ccc([N+](=O)[O-])cc2)cc1Cl. The average Bonchev–Trinajstić information content (AvgIpc) is 2.62. The molecule has 26 heavy (non-hydrogen) atoms. The molecule has 3 N–H and O–H groups in total. The Morgan fingerprint density at radius 3 is 2.54 bits per heavy atom. The van der Waals surface area contributed by atoms with Gasteiger partial charge in [0.2, 0.25) is 0 Å². The number of non-ortho nitro benzene ring substituents is 1. The standard InChI is InChI=1S/C16H15ClN4O4S/c1-2-25-14-8-3-10(9-13(14)17)15(22)18-16(26)20-19-11-4-6-12(7-5-11)21(23)24/h3-9,19H,2H2,1H3,(H2,18,20,22,26). The minimum Gasteiger partial charge on any atom is -0.492 e. The van der Waals surface area contributed by atoms with Crippen LogP contribution in [0, 0.1) is 10.1 Å². The number of rotatable bonds is 6. The van der Waals surface area contributed by atoms with Crippen molar-refractivity contribution in [3.05, 3.63) is 63.2 Å². The number of nitrogens with one attached hydrogen (secondary N) is 3. The number of hydrogen-bond acceptors (Lipinski definition) is 6. The van der Waals surface area contributed by atoms with Crippen LogP contribution in [0.25, 0.3) is 0 Å². The van der Waals surface area contributed by atoms with E-state index in [1.807, 2.05) is 6.92 Å². The van der Waals surface area contributed by atoms with Crippen LogP contribution < -0.4 is 20.9 Å². The predicted octanol–water partition coefficient (Wildman–Crippen LogP) is 3.28. The largest absolute Gasteiger partial charge is 0.492 e. The van der Waals surface area contributed by atoms with Crippen LogP contribution in [0.4, 0.5) is 11.4 Å². The third-order valence-electron chi connectivity index (χ3n) is 3.12. The van der Waals surface area contributed by atoms with Gasteiger partial charge in [0.25, 0.3) is 11.6 Å². The number of nitrogens with zero attached hydrogens (tertiary/aromatic N) is 1. The van der Waals surface area contributed by atoms with Crippen LogP contribution in [0.5, 0.6) is 5.75 Å². The maximum Gasteiger partial charge on any atom is 0.269 e. The Labute approximate surface area is 159 Å². The lowest BCUT2D eigenvalue weighted by Crippen LogP contribution is -2.41. The summed E-state index contributed by atoms with van der Waals surface area (Å²) in [5, 5.41) is 13.4. The second-order valence-corrected chi connectivity index (χ2v) is 5.73. The number of amides is 1. The first-order valence-corrected chi connectivity index (χ1v) is 8.23. The van der Waals surface area contributed by atoms with Gasteiger partial charge in [-0.2, -0.15) is 0 Å². The van der Waals surface area contributed by atoms with Crippen molar-refractivity contribution in [2.45, 2.75) is 6.92 Å². The van der Waals surface area contributed by atoms with Crippen LogP contribution in [-0.4, -0.2) is 22.5 Å². The number of nitro benzene ring substituents is 1. The maximum absolute atomic E-state index is 12.2. The van der Waals surface area contributed by atoms with Gasteiger partial charge in [0.1, 0.15) is 5.75 Å². The van der Waals surface area contributed by atoms with E-state index in [1.54, 1.807) is 12.1 Å². The molecule has 0 bridgehead atoms. The number of anilines is 1. The smallest absolute Gasteiger partial charge is 0.269 e. The molecule has 2 aromatic rings. The summed E-state index contributed by atoms with van der Waals surface area (Å²) in [6, 6.07) is 10.3. The molecule has 2 aromatic carbocycles. The molecule has 0 saturated heterocycles. The molecule has 136 valence electrons. The van der Waals surface area contributed by atoms with Crippen molar-refractivity contribution in [2.75, 3.05) is 12.0 Å². The number of thiocarbonyl (C=S) groups is 1. The van der Waals surface area contributed by atoms with Crippen molar-refractivity contribution in [2.24, 2.45) is 0 Å². The summed E-state index contributed by atoms with van der Waals surface area (Å²) in [5.41, 5.74) is 6.17. The van der Waals surface area contributed by atoms with E-state index in [0.717, 1.165) is 0 Å². The molecule has 0 saturated carbocycles. The van der Waals surface area contributed by atoms with Gasteiger partial charge in [-0.3, -0.25) is 31.1 Å². The summed E-state index contributed by atoms with van der Waals surface area (Å²) < 4.78 is 5.31. The van der Waals surface area contributed by atoms with Crippen LogP contribution in [0.3, 0.4) is 0 Å². The summed E-state index contributed by atoms with van der Waals surface area (Å²) in [6.45, 7) is 2.30. The van der Waals surface area contributed by atoms with E-state index < -0.39 is 10.8 Å². The highest BCUT2D eigenvalue weighted by Gasteiger charge is 2.11. The first kappa shape index (κ1) is 19.4. The second kappa shape index (κ2) is 8.97. The van der Waals surface area contributed by atoms with Crippen molar-refractivity contribution in [1.29, 1.82) is 0 Å². The number of benzene rings is 2. The first-order chi connectivity index (χ1) is 12.4. The van der Waals surface area contributed by atoms with Crippen LogP contribution in [0.2, 0.25) is 5.02 Å². The molecule has 0 radical (unpaired) electrons. The molecule has 10 heteroatoms. The summed E-state index contributed by atoms with van der Waals surface area (Å²) >= 11 is 11.1. The highest BCUT2D eigenvalue weighted by Crippen LogP contribution is 2.25. The lowest BCUT2D eigenvalue weighted by molar-refractivity contribution is -0.384. The Morgan fingerprint density at radius 1 is 1.27 bits per heavy atom. The molecular weight excluding hydrogens is 380 g/mol.